The maximum absolute atomic E-state index is 4.99. The van der Waals surface area contributed by atoms with Crippen LogP contribution in [0.3, 0.4) is 0 Å². The fourth-order valence-corrected chi connectivity index (χ4v) is 3.33. The van der Waals surface area contributed by atoms with E-state index >= 15 is 0 Å². The van der Waals surface area contributed by atoms with Crippen LogP contribution in [0.15, 0.2) is 30.3 Å². The van der Waals surface area contributed by atoms with Gasteiger partial charge in [0.15, 0.2) is 0 Å². The summed E-state index contributed by atoms with van der Waals surface area (Å²) in [6.07, 6.45) is 0. The number of nitrogens with zero attached hydrogens (tertiary/aromatic N) is 1. The first kappa shape index (κ1) is 14.8. The van der Waals surface area contributed by atoms with E-state index in [0.29, 0.717) is 0 Å². The summed E-state index contributed by atoms with van der Waals surface area (Å²) in [7, 11) is 0. The molecule has 112 valence electrons. The van der Waals surface area contributed by atoms with Gasteiger partial charge in [-0.3, -0.25) is 0 Å². The Morgan fingerprint density at radius 1 is 0.682 bits per heavy atom. The van der Waals surface area contributed by atoms with E-state index in [1.165, 1.54) is 44.3 Å². The van der Waals surface area contributed by atoms with Crippen LogP contribution in [0, 0.1) is 41.5 Å². The minimum Gasteiger partial charge on any atom is -0.247 e. The molecule has 0 amide bonds. The number of aromatic nitrogens is 1. The first-order valence-corrected chi connectivity index (χ1v) is 7.84. The molecule has 0 saturated heterocycles. The van der Waals surface area contributed by atoms with Crippen LogP contribution in [-0.4, -0.2) is 4.98 Å². The van der Waals surface area contributed by atoms with Gasteiger partial charge in [-0.1, -0.05) is 23.3 Å². The topological polar surface area (TPSA) is 12.9 Å². The van der Waals surface area contributed by atoms with Gasteiger partial charge in [-0.05, 0) is 82.0 Å². The molecule has 2 aromatic carbocycles. The van der Waals surface area contributed by atoms with Gasteiger partial charge in [0.25, 0.3) is 0 Å². The number of hydrogen-bond donors (Lipinski definition) is 0. The molecule has 1 aromatic heterocycles. The second-order valence-electron chi connectivity index (χ2n) is 6.49. The fourth-order valence-electron chi connectivity index (χ4n) is 3.33. The van der Waals surface area contributed by atoms with E-state index in [4.69, 9.17) is 4.98 Å². The molecule has 0 aliphatic rings. The summed E-state index contributed by atoms with van der Waals surface area (Å²) in [5.41, 5.74) is 11.3. The molecule has 0 aliphatic heterocycles. The Bertz CT molecular complexity index is 868. The Labute approximate surface area is 133 Å². The van der Waals surface area contributed by atoms with Crippen molar-refractivity contribution < 1.29 is 0 Å². The standard InChI is InChI=1S/C21H23N/c1-12-9-13(2)11-18(10-12)21-17(6)16(5)20-15(4)14(3)7-8-19(20)22-21/h7-11H,1-6H3. The Kier molecular flexibility index (Phi) is 3.52. The van der Waals surface area contributed by atoms with Gasteiger partial charge in [0, 0.05) is 10.9 Å². The summed E-state index contributed by atoms with van der Waals surface area (Å²) < 4.78 is 0. The smallest absolute Gasteiger partial charge is 0.0741 e. The van der Waals surface area contributed by atoms with E-state index < -0.39 is 0 Å². The van der Waals surface area contributed by atoms with Crippen LogP contribution >= 0.6 is 0 Å². The lowest BCUT2D eigenvalue weighted by atomic mass is 9.93. The number of fused-ring (bicyclic) bond motifs is 1. The van der Waals surface area contributed by atoms with E-state index in [9.17, 15) is 0 Å². The monoisotopic (exact) mass is 289 g/mol. The van der Waals surface area contributed by atoms with Crippen LogP contribution in [0.25, 0.3) is 22.2 Å². The van der Waals surface area contributed by atoms with Gasteiger partial charge < -0.3 is 0 Å². The van der Waals surface area contributed by atoms with Gasteiger partial charge in [0.05, 0.1) is 11.2 Å². The molecule has 0 N–H and O–H groups in total. The molecule has 22 heavy (non-hydrogen) atoms. The average Bonchev–Trinajstić information content (AvgIpc) is 2.45. The fraction of sp³-hybridized carbons (Fsp3) is 0.286. The molecular weight excluding hydrogens is 266 g/mol. The molecule has 3 aromatic rings. The van der Waals surface area contributed by atoms with E-state index in [-0.39, 0.29) is 0 Å². The molecule has 3 rings (SSSR count). The van der Waals surface area contributed by atoms with Crippen molar-refractivity contribution in [3.05, 3.63) is 63.7 Å². The summed E-state index contributed by atoms with van der Waals surface area (Å²) in [5.74, 6) is 0. The Morgan fingerprint density at radius 2 is 1.32 bits per heavy atom. The quantitative estimate of drug-likeness (QED) is 0.555. The van der Waals surface area contributed by atoms with Crippen molar-refractivity contribution in [3.8, 4) is 11.3 Å². The second kappa shape index (κ2) is 5.24. The van der Waals surface area contributed by atoms with Gasteiger partial charge in [0.2, 0.25) is 0 Å². The number of benzene rings is 2. The van der Waals surface area contributed by atoms with Crippen molar-refractivity contribution in [2.24, 2.45) is 0 Å². The predicted octanol–water partition coefficient (Wildman–Crippen LogP) is 5.75. The minimum atomic E-state index is 1.10. The molecule has 0 spiro atoms. The highest BCUT2D eigenvalue weighted by molar-refractivity contribution is 5.90. The van der Waals surface area contributed by atoms with Crippen molar-refractivity contribution >= 4 is 10.9 Å². The average molecular weight is 289 g/mol. The van der Waals surface area contributed by atoms with E-state index in [1.54, 1.807) is 0 Å². The molecule has 1 nitrogen and oxygen atoms in total. The third-order valence-corrected chi connectivity index (χ3v) is 4.73. The summed E-state index contributed by atoms with van der Waals surface area (Å²) in [6, 6.07) is 11.0. The molecule has 1 heterocycles. The first-order chi connectivity index (χ1) is 10.4. The number of pyridine rings is 1. The predicted molar refractivity (Wildman–Crippen MR) is 95.6 cm³/mol. The Balaban J connectivity index is 2.37. The van der Waals surface area contributed by atoms with E-state index in [1.807, 2.05) is 0 Å². The van der Waals surface area contributed by atoms with Crippen LogP contribution in [0.4, 0.5) is 0 Å². The van der Waals surface area contributed by atoms with Gasteiger partial charge in [-0.15, -0.1) is 0 Å². The lowest BCUT2D eigenvalue weighted by Gasteiger charge is -2.15. The van der Waals surface area contributed by atoms with E-state index in [2.05, 4.69) is 71.9 Å². The third kappa shape index (κ3) is 2.31. The van der Waals surface area contributed by atoms with Gasteiger partial charge in [0.1, 0.15) is 0 Å². The van der Waals surface area contributed by atoms with Crippen molar-refractivity contribution in [3.63, 3.8) is 0 Å². The molecule has 0 fully saturated rings. The van der Waals surface area contributed by atoms with Crippen molar-refractivity contribution in [1.82, 2.24) is 4.98 Å². The highest BCUT2D eigenvalue weighted by Gasteiger charge is 2.13. The molecule has 0 atom stereocenters. The molecule has 0 radical (unpaired) electrons. The van der Waals surface area contributed by atoms with Crippen LogP contribution < -0.4 is 0 Å². The highest BCUT2D eigenvalue weighted by atomic mass is 14.7. The van der Waals surface area contributed by atoms with Gasteiger partial charge >= 0.3 is 0 Å². The minimum absolute atomic E-state index is 1.10. The molecule has 0 unspecified atom stereocenters. The number of rotatable bonds is 1. The van der Waals surface area contributed by atoms with Crippen molar-refractivity contribution in [1.29, 1.82) is 0 Å². The Morgan fingerprint density at radius 3 is 1.95 bits per heavy atom. The maximum atomic E-state index is 4.99. The van der Waals surface area contributed by atoms with Crippen molar-refractivity contribution in [2.45, 2.75) is 41.5 Å². The third-order valence-electron chi connectivity index (χ3n) is 4.73. The Hall–Kier alpha value is -2.15. The zero-order valence-electron chi connectivity index (χ0n) is 14.3. The molecule has 0 bridgehead atoms. The normalized spacial score (nSPS) is 11.2. The molecular formula is C21H23N. The first-order valence-electron chi connectivity index (χ1n) is 7.84. The van der Waals surface area contributed by atoms with E-state index in [0.717, 1.165) is 11.2 Å². The van der Waals surface area contributed by atoms with Gasteiger partial charge in [-0.25, -0.2) is 4.98 Å². The zero-order valence-corrected chi connectivity index (χ0v) is 14.3. The molecule has 0 saturated carbocycles. The van der Waals surface area contributed by atoms with Crippen LogP contribution in [0.2, 0.25) is 0 Å². The van der Waals surface area contributed by atoms with Crippen molar-refractivity contribution in [2.75, 3.05) is 0 Å². The van der Waals surface area contributed by atoms with Crippen LogP contribution in [-0.2, 0) is 0 Å². The molecule has 0 aliphatic carbocycles. The van der Waals surface area contributed by atoms with Crippen LogP contribution in [0.5, 0.6) is 0 Å². The SMILES string of the molecule is Cc1cc(C)cc(-c2nc3ccc(C)c(C)c3c(C)c2C)c1. The largest absolute Gasteiger partial charge is 0.247 e. The lowest BCUT2D eigenvalue weighted by molar-refractivity contribution is 1.25. The molecule has 1 heteroatoms. The number of hydrogen-bond acceptors (Lipinski definition) is 1. The zero-order chi connectivity index (χ0) is 16.0. The summed E-state index contributed by atoms with van der Waals surface area (Å²) in [4.78, 5) is 4.99. The van der Waals surface area contributed by atoms with Crippen LogP contribution in [0.1, 0.15) is 33.4 Å². The highest BCUT2D eigenvalue weighted by Crippen LogP contribution is 2.32. The number of aryl methyl sites for hydroxylation is 5. The van der Waals surface area contributed by atoms with Gasteiger partial charge in [-0.2, -0.15) is 0 Å². The lowest BCUT2D eigenvalue weighted by Crippen LogP contribution is -1.98. The summed E-state index contributed by atoms with van der Waals surface area (Å²) in [6.45, 7) is 13.1. The maximum Gasteiger partial charge on any atom is 0.0741 e. The second-order valence-corrected chi connectivity index (χ2v) is 6.49. The summed E-state index contributed by atoms with van der Waals surface area (Å²) >= 11 is 0. The summed E-state index contributed by atoms with van der Waals surface area (Å²) in [5, 5.41) is 1.31.